The minimum atomic E-state index is -4.28. The van der Waals surface area contributed by atoms with Crippen LogP contribution >= 0.6 is 0 Å². The van der Waals surface area contributed by atoms with Crippen LogP contribution in [0.4, 0.5) is 18.9 Å². The third-order valence-electron chi connectivity index (χ3n) is 5.09. The van der Waals surface area contributed by atoms with Crippen LogP contribution < -0.4 is 5.32 Å². The number of rotatable bonds is 4. The van der Waals surface area contributed by atoms with Gasteiger partial charge >= 0.3 is 6.18 Å². The molecule has 1 aliphatic rings. The second-order valence-corrected chi connectivity index (χ2v) is 7.06. The van der Waals surface area contributed by atoms with E-state index < -0.39 is 11.7 Å². The molecular weight excluding hydrogens is 353 g/mol. The lowest BCUT2D eigenvalue weighted by molar-refractivity contribution is -0.137. The molecule has 0 amide bonds. The molecule has 1 aliphatic heterocycles. The van der Waals surface area contributed by atoms with E-state index in [1.54, 1.807) is 12.1 Å². The topological polar surface area (TPSA) is 44.0 Å². The highest BCUT2D eigenvalue weighted by Gasteiger charge is 2.30. The summed E-state index contributed by atoms with van der Waals surface area (Å²) in [4.78, 5) is 2.29. The van der Waals surface area contributed by atoms with Crippen LogP contribution in [-0.2, 0) is 12.7 Å². The smallest absolute Gasteiger partial charge is 0.382 e. The predicted molar refractivity (Wildman–Crippen MR) is 99.5 cm³/mol. The number of benzene rings is 2. The highest BCUT2D eigenvalue weighted by molar-refractivity contribution is 5.81. The third kappa shape index (κ3) is 4.24. The number of anilines is 1. The molecule has 0 radical (unpaired) electrons. The predicted octanol–water partition coefficient (Wildman–Crippen LogP) is 4.66. The summed E-state index contributed by atoms with van der Waals surface area (Å²) in [5.74, 6) is 0. The molecule has 4 nitrogen and oxygen atoms in total. The van der Waals surface area contributed by atoms with Crippen molar-refractivity contribution in [2.24, 2.45) is 0 Å². The largest absolute Gasteiger partial charge is 0.416 e. The number of halogens is 3. The van der Waals surface area contributed by atoms with Gasteiger partial charge in [-0.15, -0.1) is 0 Å². The van der Waals surface area contributed by atoms with Gasteiger partial charge in [0.1, 0.15) is 0 Å². The van der Waals surface area contributed by atoms with Gasteiger partial charge in [-0.1, -0.05) is 12.1 Å². The molecular formula is C20H21F3N4. The fourth-order valence-corrected chi connectivity index (χ4v) is 3.56. The number of aromatic nitrogens is 2. The Morgan fingerprint density at radius 3 is 2.52 bits per heavy atom. The molecule has 0 aliphatic carbocycles. The zero-order chi connectivity index (χ0) is 18.9. The van der Waals surface area contributed by atoms with Crippen molar-refractivity contribution in [1.29, 1.82) is 0 Å². The van der Waals surface area contributed by atoms with Crippen molar-refractivity contribution >= 4 is 16.6 Å². The van der Waals surface area contributed by atoms with Crippen LogP contribution in [0.15, 0.2) is 48.7 Å². The van der Waals surface area contributed by atoms with Crippen molar-refractivity contribution in [1.82, 2.24) is 15.1 Å². The Balaban J connectivity index is 1.29. The summed E-state index contributed by atoms with van der Waals surface area (Å²) in [6.45, 7) is 2.53. The van der Waals surface area contributed by atoms with Gasteiger partial charge in [0, 0.05) is 36.7 Å². The first-order valence-electron chi connectivity index (χ1n) is 9.05. The molecule has 1 fully saturated rings. The Hall–Kier alpha value is -2.54. The van der Waals surface area contributed by atoms with Gasteiger partial charge < -0.3 is 5.32 Å². The van der Waals surface area contributed by atoms with Crippen LogP contribution in [-0.4, -0.2) is 34.2 Å². The monoisotopic (exact) mass is 374 g/mol. The molecule has 2 aromatic carbocycles. The first-order valence-corrected chi connectivity index (χ1v) is 9.05. The highest BCUT2D eigenvalue weighted by atomic mass is 19.4. The van der Waals surface area contributed by atoms with Crippen molar-refractivity contribution in [2.45, 2.75) is 31.6 Å². The van der Waals surface area contributed by atoms with Crippen LogP contribution in [0.25, 0.3) is 10.9 Å². The number of hydrogen-bond acceptors (Lipinski definition) is 3. The van der Waals surface area contributed by atoms with E-state index in [9.17, 15) is 13.2 Å². The van der Waals surface area contributed by atoms with E-state index in [2.05, 4.69) is 32.5 Å². The Morgan fingerprint density at radius 1 is 1.07 bits per heavy atom. The average Bonchev–Trinajstić information content (AvgIpc) is 3.11. The van der Waals surface area contributed by atoms with Crippen LogP contribution in [0.1, 0.15) is 24.0 Å². The second kappa shape index (κ2) is 7.23. The molecule has 2 heterocycles. The quantitative estimate of drug-likeness (QED) is 0.698. The molecule has 0 bridgehead atoms. The van der Waals surface area contributed by atoms with Crippen LogP contribution in [0, 0.1) is 0 Å². The van der Waals surface area contributed by atoms with E-state index in [0.29, 0.717) is 12.6 Å². The minimum Gasteiger partial charge on any atom is -0.382 e. The maximum absolute atomic E-state index is 12.6. The van der Waals surface area contributed by atoms with E-state index >= 15 is 0 Å². The number of fused-ring (bicyclic) bond motifs is 1. The lowest BCUT2D eigenvalue weighted by Gasteiger charge is -2.33. The number of aromatic amines is 1. The van der Waals surface area contributed by atoms with Gasteiger partial charge in [-0.2, -0.15) is 18.3 Å². The summed E-state index contributed by atoms with van der Waals surface area (Å²) >= 11 is 0. The maximum atomic E-state index is 12.6. The Bertz CT molecular complexity index is 893. The van der Waals surface area contributed by atoms with Gasteiger partial charge in [-0.05, 0) is 48.7 Å². The molecule has 0 saturated carbocycles. The summed E-state index contributed by atoms with van der Waals surface area (Å²) < 4.78 is 37.9. The third-order valence-corrected chi connectivity index (χ3v) is 5.09. The van der Waals surface area contributed by atoms with E-state index in [1.807, 2.05) is 12.3 Å². The number of nitrogens with one attached hydrogen (secondary N) is 2. The molecule has 3 aromatic rings. The zero-order valence-electron chi connectivity index (χ0n) is 14.8. The van der Waals surface area contributed by atoms with Crippen molar-refractivity contribution in [3.63, 3.8) is 0 Å². The lowest BCUT2D eigenvalue weighted by Crippen LogP contribution is -2.38. The molecule has 7 heteroatoms. The maximum Gasteiger partial charge on any atom is 0.416 e. The number of nitrogens with zero attached hydrogens (tertiary/aromatic N) is 2. The zero-order valence-corrected chi connectivity index (χ0v) is 14.8. The molecule has 27 heavy (non-hydrogen) atoms. The minimum absolute atomic E-state index is 0.401. The lowest BCUT2D eigenvalue weighted by atomic mass is 10.0. The van der Waals surface area contributed by atoms with Crippen molar-refractivity contribution < 1.29 is 13.2 Å². The van der Waals surface area contributed by atoms with Crippen LogP contribution in [0.2, 0.25) is 0 Å². The fraction of sp³-hybridized carbons (Fsp3) is 0.350. The summed E-state index contributed by atoms with van der Waals surface area (Å²) in [7, 11) is 0. The van der Waals surface area contributed by atoms with E-state index in [4.69, 9.17) is 0 Å². The molecule has 1 aromatic heterocycles. The Labute approximate surface area is 155 Å². The first-order chi connectivity index (χ1) is 13.0. The summed E-state index contributed by atoms with van der Waals surface area (Å²) in [5, 5.41) is 11.6. The van der Waals surface area contributed by atoms with Crippen LogP contribution in [0.5, 0.6) is 0 Å². The number of piperidine rings is 1. The fourth-order valence-electron chi connectivity index (χ4n) is 3.56. The molecule has 0 spiro atoms. The second-order valence-electron chi connectivity index (χ2n) is 7.06. The van der Waals surface area contributed by atoms with Crippen molar-refractivity contribution in [2.75, 3.05) is 18.4 Å². The molecule has 0 unspecified atom stereocenters. The van der Waals surface area contributed by atoms with Crippen LogP contribution in [0.3, 0.4) is 0 Å². The molecule has 0 atom stereocenters. The number of likely N-dealkylation sites (tertiary alicyclic amines) is 1. The molecule has 1 saturated heterocycles. The SMILES string of the molecule is FC(F)(F)c1ccc(CN2CCC(Nc3ccc4[nH]ncc4c3)CC2)cc1. The van der Waals surface area contributed by atoms with Gasteiger partial charge in [-0.3, -0.25) is 10.00 Å². The number of alkyl halides is 3. The highest BCUT2D eigenvalue weighted by Crippen LogP contribution is 2.29. The normalized spacial score (nSPS) is 16.7. The molecule has 142 valence electrons. The van der Waals surface area contributed by atoms with E-state index in [0.717, 1.165) is 60.2 Å². The first kappa shape index (κ1) is 17.9. The summed E-state index contributed by atoms with van der Waals surface area (Å²) in [5.41, 5.74) is 2.43. The van der Waals surface area contributed by atoms with Crippen molar-refractivity contribution in [3.05, 3.63) is 59.8 Å². The van der Waals surface area contributed by atoms with E-state index in [-0.39, 0.29) is 0 Å². The number of H-pyrrole nitrogens is 1. The summed E-state index contributed by atoms with van der Waals surface area (Å²) in [6.07, 6.45) is -0.455. The van der Waals surface area contributed by atoms with Gasteiger partial charge in [0.2, 0.25) is 0 Å². The molecule has 4 rings (SSSR count). The van der Waals surface area contributed by atoms with Crippen molar-refractivity contribution in [3.8, 4) is 0 Å². The summed E-state index contributed by atoms with van der Waals surface area (Å²) in [6, 6.07) is 12.0. The number of hydrogen-bond donors (Lipinski definition) is 2. The molecule has 2 N–H and O–H groups in total. The van der Waals surface area contributed by atoms with E-state index in [1.165, 1.54) is 0 Å². The Morgan fingerprint density at radius 2 is 1.81 bits per heavy atom. The van der Waals surface area contributed by atoms with Gasteiger partial charge in [-0.25, -0.2) is 0 Å². The van der Waals surface area contributed by atoms with Gasteiger partial charge in [0.25, 0.3) is 0 Å². The standard InChI is InChI=1S/C20H21F3N4/c21-20(22,23)16-3-1-14(2-4-16)13-27-9-7-17(8-10-27)25-18-5-6-19-15(11-18)12-24-26-19/h1-6,11-12,17,25H,7-10,13H2,(H,24,26). The van der Waals surface area contributed by atoms with Gasteiger partial charge in [0.15, 0.2) is 0 Å². The average molecular weight is 374 g/mol. The Kier molecular flexibility index (Phi) is 4.78. The van der Waals surface area contributed by atoms with Gasteiger partial charge in [0.05, 0.1) is 17.3 Å².